The van der Waals surface area contributed by atoms with Gasteiger partial charge in [0.15, 0.2) is 0 Å². The highest BCUT2D eigenvalue weighted by molar-refractivity contribution is 7.90. The van der Waals surface area contributed by atoms with E-state index in [1.807, 2.05) is 13.8 Å². The smallest absolute Gasteiger partial charge is 0.421 e. The highest BCUT2D eigenvalue weighted by Crippen LogP contribution is 2.69. The molecule has 5 rings (SSSR count). The zero-order chi connectivity index (χ0) is 32.0. The van der Waals surface area contributed by atoms with E-state index in [1.165, 1.54) is 12.1 Å². The summed E-state index contributed by atoms with van der Waals surface area (Å²) in [4.78, 5) is 12.6. The van der Waals surface area contributed by atoms with Gasteiger partial charge in [0, 0.05) is 0 Å². The molecule has 0 aliphatic heterocycles. The van der Waals surface area contributed by atoms with E-state index in [-0.39, 0.29) is 58.4 Å². The van der Waals surface area contributed by atoms with Crippen LogP contribution in [0.4, 0.5) is 4.79 Å². The standard InChI is InChI=1S/C35H55NO7S/c1-7-22(4)43-24-9-11-25(12-10-24)44(40,41)36-33(39)42-20-21(3)27-13-14-28-31-29(16-18-34(27,28)5)35(6)17-15-23(37)19-30(35)26(8-2)32(31)38/h9-12,21-23,26-32,37-38H,7-8,13-20H2,1-6H3,(H,36,39)/t21-,22+,23-,26-,27-,28+,29+,30+,31+,32-,34-,35-/m1/s1. The molecule has 9 heteroatoms. The van der Waals surface area contributed by atoms with E-state index < -0.39 is 16.1 Å². The summed E-state index contributed by atoms with van der Waals surface area (Å²) in [7, 11) is -4.08. The van der Waals surface area contributed by atoms with Crippen molar-refractivity contribution in [1.82, 2.24) is 4.72 Å². The molecule has 3 N–H and O–H groups in total. The Balaban J connectivity index is 1.22. The maximum atomic E-state index is 12.8. The number of nitrogens with one attached hydrogen (secondary N) is 1. The average molecular weight is 634 g/mol. The molecule has 0 saturated heterocycles. The van der Waals surface area contributed by atoms with E-state index in [0.29, 0.717) is 29.4 Å². The van der Waals surface area contributed by atoms with Gasteiger partial charge in [-0.1, -0.05) is 41.0 Å². The van der Waals surface area contributed by atoms with Crippen LogP contribution in [0.1, 0.15) is 99.3 Å². The number of amides is 1. The van der Waals surface area contributed by atoms with Gasteiger partial charge in [0.25, 0.3) is 10.0 Å². The Kier molecular flexibility index (Phi) is 9.71. The Bertz CT molecular complexity index is 1270. The Morgan fingerprint density at radius 2 is 1.64 bits per heavy atom. The zero-order valence-electron chi connectivity index (χ0n) is 27.5. The van der Waals surface area contributed by atoms with Crippen molar-refractivity contribution in [1.29, 1.82) is 0 Å². The molecule has 0 unspecified atom stereocenters. The van der Waals surface area contributed by atoms with Gasteiger partial charge >= 0.3 is 6.09 Å². The monoisotopic (exact) mass is 633 g/mol. The van der Waals surface area contributed by atoms with Crippen LogP contribution in [0.15, 0.2) is 29.2 Å². The summed E-state index contributed by atoms with van der Waals surface area (Å²) in [6.45, 7) is 13.2. The van der Waals surface area contributed by atoms with E-state index >= 15 is 0 Å². The normalized spacial score (nSPS) is 39.7. The molecule has 248 valence electrons. The fraction of sp³-hybridized carbons (Fsp3) is 0.800. The van der Waals surface area contributed by atoms with Crippen LogP contribution < -0.4 is 9.46 Å². The summed E-state index contributed by atoms with van der Waals surface area (Å²) in [6.07, 6.45) is 7.16. The number of fused-ring (bicyclic) bond motifs is 5. The third-order valence-corrected chi connectivity index (χ3v) is 14.2. The number of rotatable bonds is 9. The number of sulfonamides is 1. The molecule has 0 spiro atoms. The fourth-order valence-corrected chi connectivity index (χ4v) is 11.4. The number of carbonyl (C=O) groups is 1. The number of aliphatic hydroxyl groups excluding tert-OH is 2. The largest absolute Gasteiger partial charge is 0.491 e. The van der Waals surface area contributed by atoms with Crippen LogP contribution in [-0.2, 0) is 14.8 Å². The highest BCUT2D eigenvalue weighted by atomic mass is 32.2. The summed E-state index contributed by atoms with van der Waals surface area (Å²) < 4.78 is 39.0. The minimum atomic E-state index is -4.08. The number of hydrogen-bond donors (Lipinski definition) is 3. The van der Waals surface area contributed by atoms with Crippen molar-refractivity contribution in [3.05, 3.63) is 24.3 Å². The molecular weight excluding hydrogens is 578 g/mol. The minimum Gasteiger partial charge on any atom is -0.491 e. The third-order valence-electron chi connectivity index (χ3n) is 12.9. The molecular formula is C35H55NO7S. The lowest BCUT2D eigenvalue weighted by molar-refractivity contribution is -0.203. The lowest BCUT2D eigenvalue weighted by Gasteiger charge is -2.64. The molecule has 0 aromatic heterocycles. The molecule has 8 nitrogen and oxygen atoms in total. The van der Waals surface area contributed by atoms with Gasteiger partial charge in [-0.15, -0.1) is 0 Å². The molecule has 0 radical (unpaired) electrons. The van der Waals surface area contributed by atoms with Gasteiger partial charge in [0.2, 0.25) is 0 Å². The van der Waals surface area contributed by atoms with Crippen LogP contribution in [0.2, 0.25) is 0 Å². The van der Waals surface area contributed by atoms with Crippen molar-refractivity contribution in [2.45, 2.75) is 123 Å². The highest BCUT2D eigenvalue weighted by Gasteiger charge is 2.64. The maximum Gasteiger partial charge on any atom is 0.421 e. The van der Waals surface area contributed by atoms with E-state index in [9.17, 15) is 23.4 Å². The number of hydrogen-bond acceptors (Lipinski definition) is 7. The van der Waals surface area contributed by atoms with Gasteiger partial charge in [-0.25, -0.2) is 17.9 Å². The van der Waals surface area contributed by atoms with Crippen LogP contribution in [0.3, 0.4) is 0 Å². The van der Waals surface area contributed by atoms with Crippen molar-refractivity contribution in [3.63, 3.8) is 0 Å². The first-order valence-corrected chi connectivity index (χ1v) is 18.6. The second-order valence-corrected chi connectivity index (χ2v) is 16.8. The first-order chi connectivity index (χ1) is 20.7. The van der Waals surface area contributed by atoms with E-state index in [4.69, 9.17) is 9.47 Å². The lowest BCUT2D eigenvalue weighted by atomic mass is 9.41. The van der Waals surface area contributed by atoms with Crippen molar-refractivity contribution in [3.8, 4) is 5.75 Å². The Labute approximate surface area is 264 Å². The van der Waals surface area contributed by atoms with Gasteiger partial charge < -0.3 is 19.7 Å². The summed E-state index contributed by atoms with van der Waals surface area (Å²) in [5.74, 6) is 2.66. The predicted octanol–water partition coefficient (Wildman–Crippen LogP) is 6.54. The topological polar surface area (TPSA) is 122 Å². The molecule has 0 heterocycles. The predicted molar refractivity (Wildman–Crippen MR) is 169 cm³/mol. The fourth-order valence-electron chi connectivity index (χ4n) is 10.5. The van der Waals surface area contributed by atoms with Crippen molar-refractivity contribution < 1.29 is 32.9 Å². The second-order valence-electron chi connectivity index (χ2n) is 15.1. The molecule has 1 aromatic rings. The van der Waals surface area contributed by atoms with Crippen LogP contribution in [0, 0.1) is 52.3 Å². The van der Waals surface area contributed by atoms with Crippen LogP contribution in [0.25, 0.3) is 0 Å². The number of ether oxygens (including phenoxy) is 2. The summed E-state index contributed by atoms with van der Waals surface area (Å²) in [6, 6.07) is 6.02. The van der Waals surface area contributed by atoms with Crippen molar-refractivity contribution >= 4 is 16.1 Å². The van der Waals surface area contributed by atoms with E-state index in [2.05, 4.69) is 32.4 Å². The average Bonchev–Trinajstić information content (AvgIpc) is 3.34. The maximum absolute atomic E-state index is 12.8. The van der Waals surface area contributed by atoms with E-state index in [1.54, 1.807) is 12.1 Å². The molecule has 4 aliphatic rings. The molecule has 1 aromatic carbocycles. The summed E-state index contributed by atoms with van der Waals surface area (Å²) in [5, 5.41) is 22.4. The molecule has 4 fully saturated rings. The quantitative estimate of drug-likeness (QED) is 0.282. The SMILES string of the molecule is CC[C@H]1[C@@H](O)[C@@H]2[C@H](CC[C@]3(C)[C@@H]([C@H](C)COC(=O)NS(=O)(=O)c4ccc(O[C@@H](C)CC)cc4)CC[C@@H]23)[C@@]2(C)CC[C@@H](O)C[C@@H]12. The van der Waals surface area contributed by atoms with Gasteiger partial charge in [-0.3, -0.25) is 0 Å². The minimum absolute atomic E-state index is 0.0171. The summed E-state index contributed by atoms with van der Waals surface area (Å²) >= 11 is 0. The second kappa shape index (κ2) is 12.7. The Morgan fingerprint density at radius 3 is 2.30 bits per heavy atom. The molecule has 0 bridgehead atoms. The Hall–Kier alpha value is -1.84. The van der Waals surface area contributed by atoms with E-state index in [0.717, 1.165) is 57.8 Å². The Morgan fingerprint density at radius 1 is 0.977 bits per heavy atom. The van der Waals surface area contributed by atoms with Gasteiger partial charge in [0.05, 0.1) is 29.8 Å². The number of aliphatic hydroxyl groups is 2. The summed E-state index contributed by atoms with van der Waals surface area (Å²) in [5.41, 5.74) is 0.186. The molecule has 1 amide bonds. The van der Waals surface area contributed by atoms with Gasteiger partial charge in [-0.2, -0.15) is 0 Å². The molecule has 12 atom stereocenters. The van der Waals surface area contributed by atoms with Gasteiger partial charge in [-0.05, 0) is 135 Å². The third kappa shape index (κ3) is 6.02. The number of carbonyl (C=O) groups excluding carboxylic acids is 1. The zero-order valence-corrected chi connectivity index (χ0v) is 28.3. The van der Waals surface area contributed by atoms with Gasteiger partial charge in [0.1, 0.15) is 5.75 Å². The van der Waals surface area contributed by atoms with Crippen molar-refractivity contribution in [2.75, 3.05) is 6.61 Å². The molecule has 4 saturated carbocycles. The van der Waals surface area contributed by atoms with Crippen LogP contribution >= 0.6 is 0 Å². The number of benzene rings is 1. The molecule has 44 heavy (non-hydrogen) atoms. The van der Waals surface area contributed by atoms with Crippen molar-refractivity contribution in [2.24, 2.45) is 52.3 Å². The first-order valence-electron chi connectivity index (χ1n) is 17.1. The first kappa shape index (κ1) is 33.5. The molecule has 4 aliphatic carbocycles. The van der Waals surface area contributed by atoms with Crippen LogP contribution in [0.5, 0.6) is 5.75 Å². The lowest BCUT2D eigenvalue weighted by Crippen LogP contribution is -2.62. The van der Waals surface area contributed by atoms with Crippen LogP contribution in [-0.4, -0.2) is 49.6 Å².